The molecule has 0 spiro atoms. The quantitative estimate of drug-likeness (QED) is 0.176. The molecule has 1 amide bonds. The molecule has 0 saturated heterocycles. The highest BCUT2D eigenvalue weighted by molar-refractivity contribution is 6.29. The third-order valence-corrected chi connectivity index (χ3v) is 6.44. The number of halogens is 1. The number of carbonyl (C=O) groups is 2. The molecule has 2 atom stereocenters. The Morgan fingerprint density at radius 2 is 1.74 bits per heavy atom. The molecule has 1 heterocycles. The van der Waals surface area contributed by atoms with E-state index in [1.807, 2.05) is 66.7 Å². The van der Waals surface area contributed by atoms with Crippen molar-refractivity contribution in [3.8, 4) is 22.6 Å². The number of hydrogen-bond acceptors (Lipinski definition) is 5. The van der Waals surface area contributed by atoms with Gasteiger partial charge in [-0.05, 0) is 60.4 Å². The summed E-state index contributed by atoms with van der Waals surface area (Å²) in [6, 6.07) is 25.2. The Morgan fingerprint density at radius 3 is 2.37 bits per heavy atom. The summed E-state index contributed by atoms with van der Waals surface area (Å²) in [7, 11) is 0. The van der Waals surface area contributed by atoms with E-state index >= 15 is 0 Å². The summed E-state index contributed by atoms with van der Waals surface area (Å²) < 4.78 is 5.93. The van der Waals surface area contributed by atoms with Crippen molar-refractivity contribution in [3.63, 3.8) is 0 Å². The number of aromatic nitrogens is 1. The van der Waals surface area contributed by atoms with Gasteiger partial charge in [-0.25, -0.2) is 9.78 Å². The highest BCUT2D eigenvalue weighted by atomic mass is 35.5. The van der Waals surface area contributed by atoms with Gasteiger partial charge in [0.15, 0.2) is 6.29 Å². The minimum absolute atomic E-state index is 0.0921. The van der Waals surface area contributed by atoms with E-state index < -0.39 is 12.2 Å². The van der Waals surface area contributed by atoms with E-state index in [2.05, 4.69) is 4.98 Å². The largest absolute Gasteiger partial charge is 0.465 e. The number of rotatable bonds is 10. The fourth-order valence-electron chi connectivity index (χ4n) is 4.12. The first-order chi connectivity index (χ1) is 18.3. The molecule has 0 unspecified atom stereocenters. The van der Waals surface area contributed by atoms with Gasteiger partial charge in [0.1, 0.15) is 16.7 Å². The maximum absolute atomic E-state index is 11.9. The Balaban J connectivity index is 1.46. The average Bonchev–Trinajstić information content (AvgIpc) is 2.92. The number of carbonyl (C=O) groups excluding carboxylic acids is 1. The summed E-state index contributed by atoms with van der Waals surface area (Å²) in [5, 5.41) is 20.6. The van der Waals surface area contributed by atoms with Crippen LogP contribution in [-0.4, -0.2) is 45.1 Å². The summed E-state index contributed by atoms with van der Waals surface area (Å²) in [5.74, 6) is 1.10. The molecule has 0 aliphatic heterocycles. The van der Waals surface area contributed by atoms with Crippen LogP contribution < -0.4 is 4.74 Å². The number of pyridine rings is 1. The molecule has 38 heavy (non-hydrogen) atoms. The number of benzene rings is 3. The number of ether oxygens (including phenoxy) is 1. The van der Waals surface area contributed by atoms with Crippen molar-refractivity contribution in [2.24, 2.45) is 0 Å². The van der Waals surface area contributed by atoms with E-state index in [1.165, 1.54) is 11.1 Å². The fraction of sp³-hybridized carbons (Fsp3) is 0.167. The van der Waals surface area contributed by atoms with E-state index in [9.17, 15) is 19.8 Å². The molecule has 2 N–H and O–H groups in total. The van der Waals surface area contributed by atoms with Gasteiger partial charge in [0.2, 0.25) is 0 Å². The Kier molecular flexibility index (Phi) is 8.73. The molecule has 0 bridgehead atoms. The van der Waals surface area contributed by atoms with Crippen LogP contribution in [0.15, 0.2) is 91.1 Å². The Bertz CT molecular complexity index is 1380. The summed E-state index contributed by atoms with van der Waals surface area (Å²) in [6.45, 7) is 1.71. The third-order valence-electron chi connectivity index (χ3n) is 6.21. The molecular formula is C30H27ClN2O5. The smallest absolute Gasteiger partial charge is 0.407 e. The zero-order valence-electron chi connectivity index (χ0n) is 20.7. The lowest BCUT2D eigenvalue weighted by Gasteiger charge is -2.28. The van der Waals surface area contributed by atoms with Gasteiger partial charge in [0.25, 0.3) is 0 Å². The van der Waals surface area contributed by atoms with E-state index in [4.69, 9.17) is 16.3 Å². The number of nitrogens with zero attached hydrogens (tertiary/aromatic N) is 2. The first kappa shape index (κ1) is 26.9. The van der Waals surface area contributed by atoms with Crippen molar-refractivity contribution in [2.75, 3.05) is 6.54 Å². The number of hydrogen-bond donors (Lipinski definition) is 2. The van der Waals surface area contributed by atoms with Gasteiger partial charge in [-0.3, -0.25) is 4.79 Å². The molecule has 0 aliphatic carbocycles. The molecule has 4 rings (SSSR count). The Morgan fingerprint density at radius 1 is 1.03 bits per heavy atom. The van der Waals surface area contributed by atoms with Crippen LogP contribution in [0.4, 0.5) is 4.79 Å². The second kappa shape index (κ2) is 12.4. The molecule has 0 fully saturated rings. The van der Waals surface area contributed by atoms with Crippen LogP contribution in [-0.2, 0) is 6.42 Å². The second-order valence-electron chi connectivity index (χ2n) is 8.90. The van der Waals surface area contributed by atoms with Crippen LogP contribution in [0.2, 0.25) is 5.15 Å². The van der Waals surface area contributed by atoms with Crippen LogP contribution in [0.5, 0.6) is 11.5 Å². The minimum Gasteiger partial charge on any atom is -0.465 e. The Labute approximate surface area is 225 Å². The average molecular weight is 531 g/mol. The predicted octanol–water partition coefficient (Wildman–Crippen LogP) is 6.65. The normalized spacial score (nSPS) is 12.4. The van der Waals surface area contributed by atoms with Crippen LogP contribution in [0.3, 0.4) is 0 Å². The predicted molar refractivity (Wildman–Crippen MR) is 146 cm³/mol. The fourth-order valence-corrected chi connectivity index (χ4v) is 4.23. The standard InChI is InChI=1S/C30H27ClN2O5/c1-20(33(30(36)37)18-27(35)24-13-14-29(31)32-17-24)15-21-7-9-22(10-8-21)23-11-12-25(19-34)28(16-23)38-26-5-3-2-4-6-26/h2-14,16-17,19-20,27,35H,15,18H2,1H3,(H,36,37)/t20-,27-/m1/s1. The summed E-state index contributed by atoms with van der Waals surface area (Å²) in [5.41, 5.74) is 3.70. The topological polar surface area (TPSA) is 100.0 Å². The molecule has 0 radical (unpaired) electrons. The molecule has 0 aliphatic rings. The molecule has 194 valence electrons. The molecule has 4 aromatic rings. The third kappa shape index (κ3) is 6.76. The van der Waals surface area contributed by atoms with Crippen molar-refractivity contribution < 1.29 is 24.5 Å². The van der Waals surface area contributed by atoms with Crippen molar-refractivity contribution in [2.45, 2.75) is 25.5 Å². The number of aliphatic hydroxyl groups excluding tert-OH is 1. The van der Waals surface area contributed by atoms with Gasteiger partial charge in [0, 0.05) is 17.8 Å². The number of carboxylic acid groups (broad SMARTS) is 1. The first-order valence-electron chi connectivity index (χ1n) is 12.0. The molecule has 7 nitrogen and oxygen atoms in total. The van der Waals surface area contributed by atoms with Crippen LogP contribution in [0.25, 0.3) is 11.1 Å². The number of amides is 1. The lowest BCUT2D eigenvalue weighted by atomic mass is 9.99. The highest BCUT2D eigenvalue weighted by Crippen LogP contribution is 2.30. The summed E-state index contributed by atoms with van der Waals surface area (Å²) in [6.07, 6.45) is 0.527. The summed E-state index contributed by atoms with van der Waals surface area (Å²) >= 11 is 5.80. The zero-order valence-corrected chi connectivity index (χ0v) is 21.5. The lowest BCUT2D eigenvalue weighted by molar-refractivity contribution is 0.0797. The van der Waals surface area contributed by atoms with Gasteiger partial charge in [-0.15, -0.1) is 0 Å². The van der Waals surface area contributed by atoms with Crippen LogP contribution in [0, 0.1) is 0 Å². The first-order valence-corrected chi connectivity index (χ1v) is 12.4. The van der Waals surface area contributed by atoms with Gasteiger partial charge in [0.05, 0.1) is 18.2 Å². The van der Waals surface area contributed by atoms with Crippen molar-refractivity contribution in [1.82, 2.24) is 9.88 Å². The Hall–Kier alpha value is -4.20. The molecular weight excluding hydrogens is 504 g/mol. The number of aliphatic hydroxyl groups is 1. The van der Waals surface area contributed by atoms with Crippen LogP contribution >= 0.6 is 11.6 Å². The second-order valence-corrected chi connectivity index (χ2v) is 9.29. The summed E-state index contributed by atoms with van der Waals surface area (Å²) in [4.78, 5) is 28.6. The van der Waals surface area contributed by atoms with E-state index in [0.717, 1.165) is 23.0 Å². The lowest BCUT2D eigenvalue weighted by Crippen LogP contribution is -2.41. The maximum atomic E-state index is 11.9. The van der Waals surface area contributed by atoms with E-state index in [-0.39, 0.29) is 12.6 Å². The van der Waals surface area contributed by atoms with Crippen LogP contribution in [0.1, 0.15) is 34.5 Å². The molecule has 8 heteroatoms. The van der Waals surface area contributed by atoms with Crippen molar-refractivity contribution in [3.05, 3.63) is 113 Å². The van der Waals surface area contributed by atoms with E-state index in [0.29, 0.717) is 34.2 Å². The zero-order chi connectivity index (χ0) is 27.1. The van der Waals surface area contributed by atoms with E-state index in [1.54, 1.807) is 25.1 Å². The van der Waals surface area contributed by atoms with Crippen molar-refractivity contribution in [1.29, 1.82) is 0 Å². The molecule has 0 saturated carbocycles. The maximum Gasteiger partial charge on any atom is 0.407 e. The number of para-hydroxylation sites is 1. The SMILES string of the molecule is C[C@H](Cc1ccc(-c2ccc(C=O)c(Oc3ccccc3)c2)cc1)N(C[C@@H](O)c1ccc(Cl)nc1)C(=O)O. The van der Waals surface area contributed by atoms with Crippen molar-refractivity contribution >= 4 is 24.0 Å². The highest BCUT2D eigenvalue weighted by Gasteiger charge is 2.24. The minimum atomic E-state index is -1.11. The van der Waals surface area contributed by atoms with Gasteiger partial charge in [-0.1, -0.05) is 66.2 Å². The van der Waals surface area contributed by atoms with Gasteiger partial charge in [-0.2, -0.15) is 0 Å². The van der Waals surface area contributed by atoms with Gasteiger partial charge >= 0.3 is 6.09 Å². The molecule has 1 aromatic heterocycles. The number of aldehydes is 1. The monoisotopic (exact) mass is 530 g/mol. The molecule has 3 aromatic carbocycles. The van der Waals surface area contributed by atoms with Gasteiger partial charge < -0.3 is 19.8 Å².